The van der Waals surface area contributed by atoms with E-state index in [2.05, 4.69) is 70.4 Å². The standard InChI is InChI=1S/C24H42N6O/c1-4-25-24(26-18-21(3)30-14-16-31-17-15-30)27-19-22-8-6-7-9-23(22)20-29-12-10-28(5-2)11-13-29/h6-9,21H,4-5,10-20H2,1-3H3,(H2,25,26,27). The molecule has 2 fully saturated rings. The van der Waals surface area contributed by atoms with Crippen LogP contribution in [0.1, 0.15) is 31.9 Å². The van der Waals surface area contributed by atoms with Gasteiger partial charge in [-0.05, 0) is 31.5 Å². The van der Waals surface area contributed by atoms with Crippen molar-refractivity contribution in [2.24, 2.45) is 4.99 Å². The summed E-state index contributed by atoms with van der Waals surface area (Å²) in [6, 6.07) is 9.23. The molecule has 0 amide bonds. The Kier molecular flexibility index (Phi) is 10.1. The van der Waals surface area contributed by atoms with Crippen molar-refractivity contribution in [3.63, 3.8) is 0 Å². The summed E-state index contributed by atoms with van der Waals surface area (Å²) in [5, 5.41) is 6.94. The zero-order chi connectivity index (χ0) is 21.9. The second-order valence-corrected chi connectivity index (χ2v) is 8.55. The van der Waals surface area contributed by atoms with Gasteiger partial charge in [0.05, 0.1) is 19.8 Å². The van der Waals surface area contributed by atoms with Crippen molar-refractivity contribution >= 4 is 5.96 Å². The Labute approximate surface area is 188 Å². The van der Waals surface area contributed by atoms with Gasteiger partial charge >= 0.3 is 0 Å². The minimum absolute atomic E-state index is 0.460. The molecule has 0 bridgehead atoms. The minimum Gasteiger partial charge on any atom is -0.379 e. The molecule has 3 rings (SSSR count). The molecule has 7 nitrogen and oxygen atoms in total. The molecule has 2 N–H and O–H groups in total. The zero-order valence-corrected chi connectivity index (χ0v) is 19.8. The number of likely N-dealkylation sites (N-methyl/N-ethyl adjacent to an activating group) is 1. The van der Waals surface area contributed by atoms with Gasteiger partial charge in [-0.1, -0.05) is 31.2 Å². The number of ether oxygens (including phenoxy) is 1. The average molecular weight is 431 g/mol. The van der Waals surface area contributed by atoms with Crippen LogP contribution in [0.25, 0.3) is 0 Å². The van der Waals surface area contributed by atoms with Crippen molar-refractivity contribution in [2.75, 3.05) is 72.1 Å². The normalized spacial score (nSPS) is 20.5. The summed E-state index contributed by atoms with van der Waals surface area (Å²) in [7, 11) is 0. The number of rotatable bonds is 9. The van der Waals surface area contributed by atoms with Gasteiger partial charge in [-0.25, -0.2) is 4.99 Å². The van der Waals surface area contributed by atoms with E-state index in [1.165, 1.54) is 24.2 Å². The number of piperazine rings is 1. The van der Waals surface area contributed by atoms with Gasteiger partial charge in [-0.15, -0.1) is 0 Å². The number of aliphatic imine (C=N–C) groups is 1. The molecule has 1 aromatic rings. The molecule has 174 valence electrons. The summed E-state index contributed by atoms with van der Waals surface area (Å²) in [4.78, 5) is 12.5. The highest BCUT2D eigenvalue weighted by molar-refractivity contribution is 5.79. The van der Waals surface area contributed by atoms with Crippen molar-refractivity contribution in [2.45, 2.75) is 39.9 Å². The van der Waals surface area contributed by atoms with Gasteiger partial charge in [0.2, 0.25) is 0 Å². The Morgan fingerprint density at radius 2 is 1.65 bits per heavy atom. The van der Waals surface area contributed by atoms with Gasteiger partial charge in [0, 0.05) is 64.9 Å². The topological polar surface area (TPSA) is 55.4 Å². The van der Waals surface area contributed by atoms with Crippen molar-refractivity contribution in [3.8, 4) is 0 Å². The molecular weight excluding hydrogens is 388 g/mol. The van der Waals surface area contributed by atoms with Crippen LogP contribution in [0.3, 0.4) is 0 Å². The third-order valence-electron chi connectivity index (χ3n) is 6.41. The average Bonchev–Trinajstić information content (AvgIpc) is 2.82. The molecular formula is C24H42N6O. The highest BCUT2D eigenvalue weighted by Crippen LogP contribution is 2.14. The van der Waals surface area contributed by atoms with Crippen LogP contribution in [0.2, 0.25) is 0 Å². The second kappa shape index (κ2) is 13.0. The molecule has 2 aliphatic heterocycles. The summed E-state index contributed by atoms with van der Waals surface area (Å²) < 4.78 is 5.47. The van der Waals surface area contributed by atoms with E-state index >= 15 is 0 Å². The monoisotopic (exact) mass is 430 g/mol. The fraction of sp³-hybridized carbons (Fsp3) is 0.708. The van der Waals surface area contributed by atoms with E-state index in [1.807, 2.05) is 0 Å². The first-order valence-corrected chi connectivity index (χ1v) is 12.0. The van der Waals surface area contributed by atoms with E-state index in [4.69, 9.17) is 9.73 Å². The highest BCUT2D eigenvalue weighted by Gasteiger charge is 2.18. The number of hydrogen-bond donors (Lipinski definition) is 2. The van der Waals surface area contributed by atoms with Crippen LogP contribution in [-0.2, 0) is 17.8 Å². The van der Waals surface area contributed by atoms with Crippen molar-refractivity contribution in [1.29, 1.82) is 0 Å². The van der Waals surface area contributed by atoms with E-state index in [1.54, 1.807) is 0 Å². The van der Waals surface area contributed by atoms with Gasteiger partial charge in [-0.3, -0.25) is 9.80 Å². The number of nitrogens with one attached hydrogen (secondary N) is 2. The fourth-order valence-corrected chi connectivity index (χ4v) is 4.27. The van der Waals surface area contributed by atoms with Crippen LogP contribution in [0.4, 0.5) is 0 Å². The van der Waals surface area contributed by atoms with Crippen LogP contribution < -0.4 is 10.6 Å². The molecule has 7 heteroatoms. The third-order valence-corrected chi connectivity index (χ3v) is 6.41. The molecule has 2 aliphatic rings. The second-order valence-electron chi connectivity index (χ2n) is 8.55. The Morgan fingerprint density at radius 1 is 0.968 bits per heavy atom. The van der Waals surface area contributed by atoms with Crippen LogP contribution >= 0.6 is 0 Å². The zero-order valence-electron chi connectivity index (χ0n) is 19.8. The summed E-state index contributed by atoms with van der Waals surface area (Å²) in [5.41, 5.74) is 2.72. The first kappa shape index (κ1) is 24.0. The first-order valence-electron chi connectivity index (χ1n) is 12.0. The van der Waals surface area contributed by atoms with Crippen LogP contribution in [0.5, 0.6) is 0 Å². The van der Waals surface area contributed by atoms with E-state index in [-0.39, 0.29) is 0 Å². The van der Waals surface area contributed by atoms with E-state index < -0.39 is 0 Å². The Balaban J connectivity index is 1.55. The van der Waals surface area contributed by atoms with Crippen LogP contribution in [-0.4, -0.2) is 98.8 Å². The minimum atomic E-state index is 0.460. The smallest absolute Gasteiger partial charge is 0.191 e. The molecule has 2 saturated heterocycles. The van der Waals surface area contributed by atoms with Gasteiger partial charge in [-0.2, -0.15) is 0 Å². The van der Waals surface area contributed by atoms with Crippen molar-refractivity contribution < 1.29 is 4.74 Å². The lowest BCUT2D eigenvalue weighted by Gasteiger charge is -2.34. The predicted octanol–water partition coefficient (Wildman–Crippen LogP) is 1.60. The number of nitrogens with zero attached hydrogens (tertiary/aromatic N) is 4. The molecule has 1 unspecified atom stereocenters. The molecule has 0 radical (unpaired) electrons. The number of morpholine rings is 1. The molecule has 0 aliphatic carbocycles. The molecule has 0 saturated carbocycles. The lowest BCUT2D eigenvalue weighted by atomic mass is 10.1. The maximum absolute atomic E-state index is 5.47. The summed E-state index contributed by atoms with van der Waals surface area (Å²) in [6.45, 7) is 19.6. The molecule has 1 atom stereocenters. The number of benzene rings is 1. The van der Waals surface area contributed by atoms with Crippen LogP contribution in [0.15, 0.2) is 29.3 Å². The largest absolute Gasteiger partial charge is 0.379 e. The first-order chi connectivity index (χ1) is 15.2. The lowest BCUT2D eigenvalue weighted by Crippen LogP contribution is -2.49. The maximum atomic E-state index is 5.47. The number of hydrogen-bond acceptors (Lipinski definition) is 5. The maximum Gasteiger partial charge on any atom is 0.191 e. The van der Waals surface area contributed by atoms with Gasteiger partial charge in [0.1, 0.15) is 0 Å². The lowest BCUT2D eigenvalue weighted by molar-refractivity contribution is 0.0211. The Morgan fingerprint density at radius 3 is 2.32 bits per heavy atom. The quantitative estimate of drug-likeness (QED) is 0.459. The highest BCUT2D eigenvalue weighted by atomic mass is 16.5. The molecule has 0 aromatic heterocycles. The fourth-order valence-electron chi connectivity index (χ4n) is 4.27. The molecule has 2 heterocycles. The van der Waals surface area contributed by atoms with Gasteiger partial charge in [0.25, 0.3) is 0 Å². The molecule has 31 heavy (non-hydrogen) atoms. The summed E-state index contributed by atoms with van der Waals surface area (Å²) in [6.07, 6.45) is 0. The van der Waals surface area contributed by atoms with Gasteiger partial charge in [0.15, 0.2) is 5.96 Å². The summed E-state index contributed by atoms with van der Waals surface area (Å²) >= 11 is 0. The summed E-state index contributed by atoms with van der Waals surface area (Å²) in [5.74, 6) is 0.897. The Bertz CT molecular complexity index is 668. The van der Waals surface area contributed by atoms with Gasteiger partial charge < -0.3 is 20.3 Å². The molecule has 0 spiro atoms. The molecule has 1 aromatic carbocycles. The third kappa shape index (κ3) is 7.75. The number of guanidine groups is 1. The van der Waals surface area contributed by atoms with Crippen molar-refractivity contribution in [1.82, 2.24) is 25.3 Å². The SMILES string of the molecule is CCNC(=NCc1ccccc1CN1CCN(CC)CC1)NCC(C)N1CCOCC1. The van der Waals surface area contributed by atoms with Crippen LogP contribution in [0, 0.1) is 0 Å². The predicted molar refractivity (Wildman–Crippen MR) is 129 cm³/mol. The van der Waals surface area contributed by atoms with E-state index in [9.17, 15) is 0 Å². The van der Waals surface area contributed by atoms with E-state index in [0.29, 0.717) is 12.6 Å². The van der Waals surface area contributed by atoms with E-state index in [0.717, 1.165) is 71.5 Å². The van der Waals surface area contributed by atoms with Crippen molar-refractivity contribution in [3.05, 3.63) is 35.4 Å². The Hall–Kier alpha value is -1.67.